The van der Waals surface area contributed by atoms with Gasteiger partial charge in [-0.3, -0.25) is 9.69 Å². The largest absolute Gasteiger partial charge is 0.396 e. The molecule has 0 aliphatic carbocycles. The Morgan fingerprint density at radius 2 is 1.91 bits per heavy atom. The van der Waals surface area contributed by atoms with Crippen molar-refractivity contribution in [2.24, 2.45) is 5.92 Å². The van der Waals surface area contributed by atoms with E-state index in [1.165, 1.54) is 0 Å². The third kappa shape index (κ3) is 4.94. The van der Waals surface area contributed by atoms with Crippen molar-refractivity contribution in [1.29, 1.82) is 0 Å². The zero-order chi connectivity index (χ0) is 16.7. The lowest BCUT2D eigenvalue weighted by Crippen LogP contribution is -2.36. The van der Waals surface area contributed by atoms with E-state index in [4.69, 9.17) is 0 Å². The van der Waals surface area contributed by atoms with Gasteiger partial charge in [0.2, 0.25) is 5.91 Å². The lowest BCUT2D eigenvalue weighted by Gasteiger charge is -2.34. The van der Waals surface area contributed by atoms with Gasteiger partial charge in [-0.2, -0.15) is 0 Å². The molecule has 23 heavy (non-hydrogen) atoms. The molecule has 5 heteroatoms. The highest BCUT2D eigenvalue weighted by atomic mass is 16.3. The predicted molar refractivity (Wildman–Crippen MR) is 94.9 cm³/mol. The van der Waals surface area contributed by atoms with Gasteiger partial charge < -0.3 is 15.3 Å². The molecular formula is C18H29N3O2. The van der Waals surface area contributed by atoms with E-state index >= 15 is 0 Å². The first-order valence-electron chi connectivity index (χ1n) is 8.64. The standard InChI is InChI=1S/C18H29N3O2/c1-3-20(4-2)13-18(23)19-16-7-5-6-8-17(16)21-11-9-15(14-22)10-12-21/h5-8,15,22H,3-4,9-14H2,1-2H3,(H,19,23). The molecule has 1 aromatic carbocycles. The third-order valence-electron chi connectivity index (χ3n) is 4.65. The van der Waals surface area contributed by atoms with Gasteiger partial charge in [0, 0.05) is 19.7 Å². The monoisotopic (exact) mass is 319 g/mol. The van der Waals surface area contributed by atoms with Crippen molar-refractivity contribution in [3.05, 3.63) is 24.3 Å². The van der Waals surface area contributed by atoms with Crippen LogP contribution in [0.15, 0.2) is 24.3 Å². The molecule has 0 radical (unpaired) electrons. The SMILES string of the molecule is CCN(CC)CC(=O)Nc1ccccc1N1CCC(CO)CC1. The summed E-state index contributed by atoms with van der Waals surface area (Å²) in [4.78, 5) is 16.7. The van der Waals surface area contributed by atoms with Crippen LogP contribution < -0.4 is 10.2 Å². The van der Waals surface area contributed by atoms with Crippen LogP contribution in [0, 0.1) is 5.92 Å². The molecule has 0 bridgehead atoms. The zero-order valence-electron chi connectivity index (χ0n) is 14.3. The Labute approximate surface area is 139 Å². The molecule has 0 aromatic heterocycles. The Bertz CT molecular complexity index is 495. The average molecular weight is 319 g/mol. The quantitative estimate of drug-likeness (QED) is 0.809. The van der Waals surface area contributed by atoms with Crippen LogP contribution in [0.5, 0.6) is 0 Å². The molecule has 1 aromatic rings. The number of piperidine rings is 1. The minimum atomic E-state index is 0.0337. The number of amides is 1. The number of aliphatic hydroxyl groups excluding tert-OH is 1. The van der Waals surface area contributed by atoms with Gasteiger partial charge in [-0.05, 0) is 44.0 Å². The predicted octanol–water partition coefficient (Wildman–Crippen LogP) is 2.18. The van der Waals surface area contributed by atoms with Gasteiger partial charge >= 0.3 is 0 Å². The number of likely N-dealkylation sites (N-methyl/N-ethyl adjacent to an activating group) is 1. The molecule has 0 unspecified atom stereocenters. The Hall–Kier alpha value is -1.59. The second-order valence-electron chi connectivity index (χ2n) is 6.14. The lowest BCUT2D eigenvalue weighted by molar-refractivity contribution is -0.117. The van der Waals surface area contributed by atoms with Gasteiger partial charge in [0.15, 0.2) is 0 Å². The molecule has 1 saturated heterocycles. The highest BCUT2D eigenvalue weighted by Gasteiger charge is 2.21. The van der Waals surface area contributed by atoms with E-state index in [1.807, 2.05) is 18.2 Å². The normalized spacial score (nSPS) is 15.9. The number of hydrogen-bond donors (Lipinski definition) is 2. The molecule has 0 saturated carbocycles. The Balaban J connectivity index is 2.01. The van der Waals surface area contributed by atoms with Crippen LogP contribution in [-0.4, -0.2) is 55.2 Å². The van der Waals surface area contributed by atoms with Crippen LogP contribution in [0.25, 0.3) is 0 Å². The van der Waals surface area contributed by atoms with Crippen molar-refractivity contribution in [2.45, 2.75) is 26.7 Å². The summed E-state index contributed by atoms with van der Waals surface area (Å²) in [6, 6.07) is 7.99. The first-order chi connectivity index (χ1) is 11.2. The van der Waals surface area contributed by atoms with Crippen LogP contribution in [0.1, 0.15) is 26.7 Å². The van der Waals surface area contributed by atoms with Crippen LogP contribution in [0.3, 0.4) is 0 Å². The van der Waals surface area contributed by atoms with Gasteiger partial charge in [-0.15, -0.1) is 0 Å². The van der Waals surface area contributed by atoms with Crippen molar-refractivity contribution in [3.63, 3.8) is 0 Å². The third-order valence-corrected chi connectivity index (χ3v) is 4.65. The topological polar surface area (TPSA) is 55.8 Å². The number of nitrogens with zero attached hydrogens (tertiary/aromatic N) is 2. The van der Waals surface area contributed by atoms with E-state index in [1.54, 1.807) is 0 Å². The van der Waals surface area contributed by atoms with E-state index in [0.717, 1.165) is 50.4 Å². The maximum absolute atomic E-state index is 12.3. The van der Waals surface area contributed by atoms with Crippen molar-refractivity contribution < 1.29 is 9.90 Å². The second-order valence-corrected chi connectivity index (χ2v) is 6.14. The molecule has 1 fully saturated rings. The molecule has 1 heterocycles. The summed E-state index contributed by atoms with van der Waals surface area (Å²) >= 11 is 0. The number of benzene rings is 1. The van der Waals surface area contributed by atoms with E-state index in [9.17, 15) is 9.90 Å². The van der Waals surface area contributed by atoms with Crippen LogP contribution in [0.2, 0.25) is 0 Å². The fourth-order valence-corrected chi connectivity index (χ4v) is 3.05. The minimum Gasteiger partial charge on any atom is -0.396 e. The molecule has 2 N–H and O–H groups in total. The van der Waals surface area contributed by atoms with Crippen LogP contribution in [-0.2, 0) is 4.79 Å². The summed E-state index contributed by atoms with van der Waals surface area (Å²) in [5, 5.41) is 12.3. The molecule has 0 spiro atoms. The number of rotatable bonds is 7. The Morgan fingerprint density at radius 3 is 2.52 bits per heavy atom. The van der Waals surface area contributed by atoms with E-state index in [-0.39, 0.29) is 12.5 Å². The first kappa shape index (κ1) is 17.8. The van der Waals surface area contributed by atoms with Crippen molar-refractivity contribution in [1.82, 2.24) is 4.90 Å². The number of nitrogens with one attached hydrogen (secondary N) is 1. The zero-order valence-corrected chi connectivity index (χ0v) is 14.3. The maximum atomic E-state index is 12.3. The highest BCUT2D eigenvalue weighted by Crippen LogP contribution is 2.29. The van der Waals surface area contributed by atoms with Gasteiger partial charge in [0.05, 0.1) is 17.9 Å². The van der Waals surface area contributed by atoms with E-state index in [0.29, 0.717) is 12.5 Å². The summed E-state index contributed by atoms with van der Waals surface area (Å²) in [6.07, 6.45) is 2.00. The van der Waals surface area contributed by atoms with Crippen molar-refractivity contribution >= 4 is 17.3 Å². The molecule has 5 nitrogen and oxygen atoms in total. The highest BCUT2D eigenvalue weighted by molar-refractivity contribution is 5.95. The van der Waals surface area contributed by atoms with Gasteiger partial charge in [-0.25, -0.2) is 0 Å². The summed E-state index contributed by atoms with van der Waals surface area (Å²) in [7, 11) is 0. The van der Waals surface area contributed by atoms with Crippen LogP contribution in [0.4, 0.5) is 11.4 Å². The summed E-state index contributed by atoms with van der Waals surface area (Å²) in [6.45, 7) is 8.43. The maximum Gasteiger partial charge on any atom is 0.238 e. The lowest BCUT2D eigenvalue weighted by atomic mass is 9.97. The number of para-hydroxylation sites is 2. The number of aliphatic hydroxyl groups is 1. The molecule has 128 valence electrons. The van der Waals surface area contributed by atoms with E-state index < -0.39 is 0 Å². The van der Waals surface area contributed by atoms with Crippen molar-refractivity contribution in [2.75, 3.05) is 49.5 Å². The summed E-state index contributed by atoms with van der Waals surface area (Å²) < 4.78 is 0. The number of carbonyl (C=O) groups is 1. The molecule has 1 amide bonds. The molecule has 1 aliphatic rings. The van der Waals surface area contributed by atoms with Crippen LogP contribution >= 0.6 is 0 Å². The van der Waals surface area contributed by atoms with Gasteiger partial charge in [0.25, 0.3) is 0 Å². The van der Waals surface area contributed by atoms with Gasteiger partial charge in [-0.1, -0.05) is 26.0 Å². The Morgan fingerprint density at radius 1 is 1.26 bits per heavy atom. The molecule has 2 rings (SSSR count). The van der Waals surface area contributed by atoms with Crippen molar-refractivity contribution in [3.8, 4) is 0 Å². The smallest absolute Gasteiger partial charge is 0.238 e. The number of anilines is 2. The summed E-state index contributed by atoms with van der Waals surface area (Å²) in [5.74, 6) is 0.446. The average Bonchev–Trinajstić information content (AvgIpc) is 2.60. The Kier molecular flexibility index (Phi) is 6.86. The summed E-state index contributed by atoms with van der Waals surface area (Å²) in [5.41, 5.74) is 1.96. The number of carbonyl (C=O) groups excluding carboxylic acids is 1. The van der Waals surface area contributed by atoms with Gasteiger partial charge in [0.1, 0.15) is 0 Å². The number of hydrogen-bond acceptors (Lipinski definition) is 4. The molecular weight excluding hydrogens is 290 g/mol. The first-order valence-corrected chi connectivity index (χ1v) is 8.64. The minimum absolute atomic E-state index is 0.0337. The fourth-order valence-electron chi connectivity index (χ4n) is 3.05. The molecule has 0 atom stereocenters. The van der Waals surface area contributed by atoms with E-state index in [2.05, 4.69) is 35.0 Å². The second kappa shape index (κ2) is 8.89. The fraction of sp³-hybridized carbons (Fsp3) is 0.611. The molecule has 1 aliphatic heterocycles.